The van der Waals surface area contributed by atoms with Gasteiger partial charge < -0.3 is 10.8 Å². The summed E-state index contributed by atoms with van der Waals surface area (Å²) in [6.45, 7) is 5.66. The third-order valence-electron chi connectivity index (χ3n) is 2.31. The molecule has 1 aromatic rings. The number of hydrogen-bond donors (Lipinski definition) is 2. The zero-order valence-electron chi connectivity index (χ0n) is 8.28. The van der Waals surface area contributed by atoms with Gasteiger partial charge in [-0.05, 0) is 38.0 Å². The van der Waals surface area contributed by atoms with Crippen molar-refractivity contribution < 1.29 is 5.11 Å². The maximum atomic E-state index is 9.75. The van der Waals surface area contributed by atoms with Crippen LogP contribution < -0.4 is 5.73 Å². The minimum Gasteiger partial charge on any atom is -0.387 e. The van der Waals surface area contributed by atoms with Gasteiger partial charge in [0.1, 0.15) is 0 Å². The maximum absolute atomic E-state index is 9.75. The predicted molar refractivity (Wildman–Crippen MR) is 52.3 cm³/mol. The molecule has 2 atom stereocenters. The van der Waals surface area contributed by atoms with E-state index in [-0.39, 0.29) is 6.04 Å². The lowest BCUT2D eigenvalue weighted by Crippen LogP contribution is -2.25. The molecule has 0 saturated heterocycles. The Bertz CT molecular complexity index is 297. The maximum Gasteiger partial charge on any atom is 0.0941 e. The quantitative estimate of drug-likeness (QED) is 0.716. The first kappa shape index (κ1) is 10.2. The summed E-state index contributed by atoms with van der Waals surface area (Å²) in [5.74, 6) is 0. The Hall–Kier alpha value is -0.930. The molecule has 0 aromatic carbocycles. The fourth-order valence-electron chi connectivity index (χ4n) is 1.26. The number of aromatic nitrogens is 1. The molecule has 72 valence electrons. The molecule has 1 rings (SSSR count). The molecule has 0 aliphatic carbocycles. The first-order chi connectivity index (χ1) is 6.04. The van der Waals surface area contributed by atoms with Gasteiger partial charge in [0, 0.05) is 17.9 Å². The molecule has 13 heavy (non-hydrogen) atoms. The summed E-state index contributed by atoms with van der Waals surface area (Å²) in [4.78, 5) is 4.13. The van der Waals surface area contributed by atoms with Gasteiger partial charge in [0.05, 0.1) is 6.10 Å². The van der Waals surface area contributed by atoms with Crippen molar-refractivity contribution in [1.29, 1.82) is 0 Å². The van der Waals surface area contributed by atoms with E-state index in [1.54, 1.807) is 13.1 Å². The largest absolute Gasteiger partial charge is 0.387 e. The van der Waals surface area contributed by atoms with Crippen LogP contribution in [0.3, 0.4) is 0 Å². The van der Waals surface area contributed by atoms with E-state index in [9.17, 15) is 5.11 Å². The number of hydrogen-bond acceptors (Lipinski definition) is 3. The third-order valence-corrected chi connectivity index (χ3v) is 2.31. The van der Waals surface area contributed by atoms with Crippen LogP contribution in [0.4, 0.5) is 0 Å². The van der Waals surface area contributed by atoms with E-state index in [2.05, 4.69) is 4.98 Å². The van der Waals surface area contributed by atoms with Gasteiger partial charge in [-0.15, -0.1) is 0 Å². The van der Waals surface area contributed by atoms with Crippen molar-refractivity contribution in [2.45, 2.75) is 32.9 Å². The first-order valence-electron chi connectivity index (χ1n) is 4.39. The molecule has 0 saturated carbocycles. The number of aliphatic hydroxyl groups is 1. The topological polar surface area (TPSA) is 59.1 Å². The minimum atomic E-state index is -0.596. The van der Waals surface area contributed by atoms with Gasteiger partial charge in [-0.3, -0.25) is 4.98 Å². The molecular formula is C10H16N2O. The van der Waals surface area contributed by atoms with Gasteiger partial charge in [-0.25, -0.2) is 0 Å². The van der Waals surface area contributed by atoms with Crippen molar-refractivity contribution in [3.05, 3.63) is 29.1 Å². The molecule has 1 heterocycles. The molecule has 0 amide bonds. The van der Waals surface area contributed by atoms with E-state index in [1.807, 2.05) is 19.9 Å². The van der Waals surface area contributed by atoms with Crippen LogP contribution in [0.5, 0.6) is 0 Å². The van der Waals surface area contributed by atoms with E-state index in [0.717, 1.165) is 16.8 Å². The highest BCUT2D eigenvalue weighted by Gasteiger charge is 2.15. The lowest BCUT2D eigenvalue weighted by Gasteiger charge is -2.17. The van der Waals surface area contributed by atoms with E-state index in [0.29, 0.717) is 0 Å². The van der Waals surface area contributed by atoms with E-state index < -0.39 is 6.10 Å². The number of aryl methyl sites for hydroxylation is 1. The average molecular weight is 180 g/mol. The molecular weight excluding hydrogens is 164 g/mol. The summed E-state index contributed by atoms with van der Waals surface area (Å²) < 4.78 is 0. The summed E-state index contributed by atoms with van der Waals surface area (Å²) >= 11 is 0. The van der Waals surface area contributed by atoms with E-state index in [4.69, 9.17) is 5.73 Å². The molecule has 3 nitrogen and oxygen atoms in total. The Balaban J connectivity index is 3.07. The third kappa shape index (κ3) is 2.05. The molecule has 0 fully saturated rings. The average Bonchev–Trinajstić information content (AvgIpc) is 2.08. The van der Waals surface area contributed by atoms with Crippen molar-refractivity contribution in [1.82, 2.24) is 4.98 Å². The second-order valence-electron chi connectivity index (χ2n) is 3.41. The van der Waals surface area contributed by atoms with Gasteiger partial charge in [0.2, 0.25) is 0 Å². The van der Waals surface area contributed by atoms with Gasteiger partial charge in [0.25, 0.3) is 0 Å². The van der Waals surface area contributed by atoms with Crippen LogP contribution in [0.1, 0.15) is 29.8 Å². The first-order valence-corrected chi connectivity index (χ1v) is 4.39. The highest BCUT2D eigenvalue weighted by atomic mass is 16.3. The van der Waals surface area contributed by atoms with Crippen molar-refractivity contribution >= 4 is 0 Å². The standard InChI is InChI=1S/C10H16N2O/c1-6-8(3)12-5-4-9(6)10(13)7(2)11/h4-5,7,10,13H,11H2,1-3H3. The fraction of sp³-hybridized carbons (Fsp3) is 0.500. The number of nitrogens with two attached hydrogens (primary N) is 1. The molecule has 0 spiro atoms. The number of rotatable bonds is 2. The summed E-state index contributed by atoms with van der Waals surface area (Å²) in [5.41, 5.74) is 8.46. The second-order valence-corrected chi connectivity index (χ2v) is 3.41. The zero-order chi connectivity index (χ0) is 10.0. The van der Waals surface area contributed by atoms with Gasteiger partial charge in [-0.2, -0.15) is 0 Å². The lowest BCUT2D eigenvalue weighted by molar-refractivity contribution is 0.152. The van der Waals surface area contributed by atoms with Crippen LogP contribution in [0, 0.1) is 13.8 Å². The van der Waals surface area contributed by atoms with Crippen LogP contribution in [0.25, 0.3) is 0 Å². The Labute approximate surface area is 78.6 Å². The predicted octanol–water partition coefficient (Wildman–Crippen LogP) is 1.08. The number of nitrogens with zero attached hydrogens (tertiary/aromatic N) is 1. The van der Waals surface area contributed by atoms with Crippen LogP contribution in [0.15, 0.2) is 12.3 Å². The zero-order valence-corrected chi connectivity index (χ0v) is 8.28. The smallest absolute Gasteiger partial charge is 0.0941 e. The Morgan fingerprint density at radius 3 is 2.62 bits per heavy atom. The van der Waals surface area contributed by atoms with Gasteiger partial charge in [0.15, 0.2) is 0 Å². The van der Waals surface area contributed by atoms with Crippen molar-refractivity contribution in [2.24, 2.45) is 5.73 Å². The van der Waals surface area contributed by atoms with Gasteiger partial charge >= 0.3 is 0 Å². The number of aliphatic hydroxyl groups excluding tert-OH is 1. The number of pyridine rings is 1. The normalized spacial score (nSPS) is 15.5. The van der Waals surface area contributed by atoms with Crippen molar-refractivity contribution in [3.63, 3.8) is 0 Å². The monoisotopic (exact) mass is 180 g/mol. The lowest BCUT2D eigenvalue weighted by atomic mass is 9.99. The van der Waals surface area contributed by atoms with E-state index in [1.165, 1.54) is 0 Å². The van der Waals surface area contributed by atoms with Crippen LogP contribution in [-0.4, -0.2) is 16.1 Å². The summed E-state index contributed by atoms with van der Waals surface area (Å²) in [7, 11) is 0. The van der Waals surface area contributed by atoms with E-state index >= 15 is 0 Å². The van der Waals surface area contributed by atoms with Gasteiger partial charge in [-0.1, -0.05) is 0 Å². The SMILES string of the molecule is Cc1nccc(C(O)C(C)N)c1C. The summed E-state index contributed by atoms with van der Waals surface area (Å²) in [5, 5.41) is 9.75. The summed E-state index contributed by atoms with van der Waals surface area (Å²) in [6, 6.07) is 1.57. The van der Waals surface area contributed by atoms with Crippen LogP contribution in [0.2, 0.25) is 0 Å². The van der Waals surface area contributed by atoms with Crippen LogP contribution >= 0.6 is 0 Å². The molecule has 0 aliphatic heterocycles. The molecule has 1 aromatic heterocycles. The molecule has 0 bridgehead atoms. The van der Waals surface area contributed by atoms with Crippen molar-refractivity contribution in [2.75, 3.05) is 0 Å². The highest BCUT2D eigenvalue weighted by Crippen LogP contribution is 2.20. The second kappa shape index (κ2) is 3.85. The molecule has 3 N–H and O–H groups in total. The molecule has 0 radical (unpaired) electrons. The molecule has 0 aliphatic rings. The fourth-order valence-corrected chi connectivity index (χ4v) is 1.26. The Kier molecular flexibility index (Phi) is 3.01. The molecule has 2 unspecified atom stereocenters. The van der Waals surface area contributed by atoms with Crippen molar-refractivity contribution in [3.8, 4) is 0 Å². The summed E-state index contributed by atoms with van der Waals surface area (Å²) in [6.07, 6.45) is 1.10. The van der Waals surface area contributed by atoms with Crippen LogP contribution in [-0.2, 0) is 0 Å². The Morgan fingerprint density at radius 2 is 2.08 bits per heavy atom. The molecule has 3 heteroatoms. The highest BCUT2D eigenvalue weighted by molar-refractivity contribution is 5.30. The minimum absolute atomic E-state index is 0.250. The Morgan fingerprint density at radius 1 is 1.46 bits per heavy atom.